The minimum absolute atomic E-state index is 0.492. The Kier molecular flexibility index (Phi) is 3.28. The molecule has 2 aliphatic rings. The standard InChI is InChI=1S/C13H18F3N3/c14-13(15,16)11-5-7-19(18-11)8-6-17-12(9-1-2-9)10-3-4-10/h5,7,9-10,12,17H,1-4,6,8H2. The fraction of sp³-hybridized carbons (Fsp3) is 0.769. The van der Waals surface area contributed by atoms with Crippen LogP contribution in [0.25, 0.3) is 0 Å². The van der Waals surface area contributed by atoms with Crippen LogP contribution >= 0.6 is 0 Å². The third kappa shape index (κ3) is 3.29. The Morgan fingerprint density at radius 1 is 1.26 bits per heavy atom. The van der Waals surface area contributed by atoms with E-state index >= 15 is 0 Å². The van der Waals surface area contributed by atoms with Crippen molar-refractivity contribution in [2.75, 3.05) is 6.54 Å². The average Bonchev–Trinajstić information content (AvgIpc) is 3.24. The van der Waals surface area contributed by atoms with Gasteiger partial charge in [0.25, 0.3) is 0 Å². The second kappa shape index (κ2) is 4.81. The zero-order valence-electron chi connectivity index (χ0n) is 10.7. The Labute approximate surface area is 110 Å². The Morgan fingerprint density at radius 3 is 2.37 bits per heavy atom. The molecule has 2 aliphatic carbocycles. The van der Waals surface area contributed by atoms with Gasteiger partial charge in [0.1, 0.15) is 0 Å². The van der Waals surface area contributed by atoms with Crippen molar-refractivity contribution in [3.8, 4) is 0 Å². The number of halogens is 3. The third-order valence-corrected chi connectivity index (χ3v) is 3.91. The van der Waals surface area contributed by atoms with Crippen molar-refractivity contribution < 1.29 is 13.2 Å². The fourth-order valence-corrected chi connectivity index (χ4v) is 2.61. The normalized spacial score (nSPS) is 20.2. The van der Waals surface area contributed by atoms with Crippen LogP contribution in [0.4, 0.5) is 13.2 Å². The van der Waals surface area contributed by atoms with Crippen LogP contribution in [0.2, 0.25) is 0 Å². The second-order valence-corrected chi connectivity index (χ2v) is 5.62. The number of hydrogen-bond donors (Lipinski definition) is 1. The lowest BCUT2D eigenvalue weighted by Crippen LogP contribution is -2.35. The monoisotopic (exact) mass is 273 g/mol. The van der Waals surface area contributed by atoms with Crippen molar-refractivity contribution in [3.63, 3.8) is 0 Å². The molecule has 2 saturated carbocycles. The Bertz CT molecular complexity index is 421. The van der Waals surface area contributed by atoms with E-state index in [1.807, 2.05) is 0 Å². The average molecular weight is 273 g/mol. The second-order valence-electron chi connectivity index (χ2n) is 5.62. The zero-order valence-corrected chi connectivity index (χ0v) is 10.7. The molecule has 0 bridgehead atoms. The molecule has 0 aromatic carbocycles. The number of aromatic nitrogens is 2. The molecule has 3 nitrogen and oxygen atoms in total. The van der Waals surface area contributed by atoms with E-state index in [4.69, 9.17) is 0 Å². The lowest BCUT2D eigenvalue weighted by Gasteiger charge is -2.17. The summed E-state index contributed by atoms with van der Waals surface area (Å²) in [5, 5.41) is 7.05. The Hall–Kier alpha value is -1.04. The van der Waals surface area contributed by atoms with Crippen molar-refractivity contribution in [1.29, 1.82) is 0 Å². The van der Waals surface area contributed by atoms with E-state index in [9.17, 15) is 13.2 Å². The predicted molar refractivity (Wildman–Crippen MR) is 64.5 cm³/mol. The maximum Gasteiger partial charge on any atom is 0.435 e. The van der Waals surface area contributed by atoms with Gasteiger partial charge in [-0.3, -0.25) is 4.68 Å². The summed E-state index contributed by atoms with van der Waals surface area (Å²) in [6.45, 7) is 1.18. The van der Waals surface area contributed by atoms with Crippen LogP contribution in [0.3, 0.4) is 0 Å². The summed E-state index contributed by atoms with van der Waals surface area (Å²) in [5.41, 5.74) is -0.812. The van der Waals surface area contributed by atoms with Gasteiger partial charge in [-0.1, -0.05) is 0 Å². The van der Waals surface area contributed by atoms with E-state index in [0.717, 1.165) is 17.9 Å². The maximum absolute atomic E-state index is 12.4. The highest BCUT2D eigenvalue weighted by Crippen LogP contribution is 2.44. The van der Waals surface area contributed by atoms with Crippen LogP contribution in [0.1, 0.15) is 31.4 Å². The van der Waals surface area contributed by atoms with E-state index in [1.54, 1.807) is 0 Å². The van der Waals surface area contributed by atoms with Gasteiger partial charge in [-0.25, -0.2) is 0 Å². The number of nitrogens with zero attached hydrogens (tertiary/aromatic N) is 2. The Morgan fingerprint density at radius 2 is 1.89 bits per heavy atom. The number of nitrogens with one attached hydrogen (secondary N) is 1. The van der Waals surface area contributed by atoms with Gasteiger partial charge in [0.05, 0.1) is 6.54 Å². The van der Waals surface area contributed by atoms with Crippen molar-refractivity contribution in [1.82, 2.24) is 15.1 Å². The molecule has 0 amide bonds. The maximum atomic E-state index is 12.4. The molecule has 19 heavy (non-hydrogen) atoms. The SMILES string of the molecule is FC(F)(F)c1ccn(CCNC(C2CC2)C2CC2)n1. The quantitative estimate of drug-likeness (QED) is 0.863. The molecule has 0 aliphatic heterocycles. The van der Waals surface area contributed by atoms with Crippen LogP contribution in [0.15, 0.2) is 12.3 Å². The first-order valence-electron chi connectivity index (χ1n) is 6.88. The lowest BCUT2D eigenvalue weighted by molar-refractivity contribution is -0.141. The van der Waals surface area contributed by atoms with E-state index in [1.165, 1.54) is 36.6 Å². The largest absolute Gasteiger partial charge is 0.435 e. The topological polar surface area (TPSA) is 29.9 Å². The number of alkyl halides is 3. The first kappa shape index (κ1) is 13.0. The van der Waals surface area contributed by atoms with Gasteiger partial charge in [-0.15, -0.1) is 0 Å². The highest BCUT2D eigenvalue weighted by Gasteiger charge is 2.40. The van der Waals surface area contributed by atoms with Crippen LogP contribution < -0.4 is 5.32 Å². The minimum atomic E-state index is -4.34. The van der Waals surface area contributed by atoms with Crippen molar-refractivity contribution in [2.45, 2.75) is 44.4 Å². The third-order valence-electron chi connectivity index (χ3n) is 3.91. The van der Waals surface area contributed by atoms with E-state index in [2.05, 4.69) is 10.4 Å². The molecular weight excluding hydrogens is 255 g/mol. The van der Waals surface area contributed by atoms with Crippen LogP contribution in [-0.4, -0.2) is 22.4 Å². The smallest absolute Gasteiger partial charge is 0.312 e. The van der Waals surface area contributed by atoms with Gasteiger partial charge in [0.15, 0.2) is 5.69 Å². The van der Waals surface area contributed by atoms with E-state index in [0.29, 0.717) is 19.1 Å². The van der Waals surface area contributed by atoms with E-state index in [-0.39, 0.29) is 0 Å². The lowest BCUT2D eigenvalue weighted by atomic mass is 10.1. The summed E-state index contributed by atoms with van der Waals surface area (Å²) in [7, 11) is 0. The molecule has 1 aromatic heterocycles. The Balaban J connectivity index is 1.47. The molecule has 3 rings (SSSR count). The molecule has 1 heterocycles. The van der Waals surface area contributed by atoms with Crippen molar-refractivity contribution in [3.05, 3.63) is 18.0 Å². The van der Waals surface area contributed by atoms with Gasteiger partial charge >= 0.3 is 6.18 Å². The number of hydrogen-bond acceptors (Lipinski definition) is 2. The van der Waals surface area contributed by atoms with Crippen molar-refractivity contribution in [2.24, 2.45) is 11.8 Å². The van der Waals surface area contributed by atoms with Gasteiger partial charge in [0, 0.05) is 18.8 Å². The summed E-state index contributed by atoms with van der Waals surface area (Å²) in [4.78, 5) is 0. The molecule has 6 heteroatoms. The molecule has 2 fully saturated rings. The molecule has 0 radical (unpaired) electrons. The van der Waals surface area contributed by atoms with Crippen LogP contribution in [0, 0.1) is 11.8 Å². The molecule has 0 spiro atoms. The first-order valence-corrected chi connectivity index (χ1v) is 6.88. The highest BCUT2D eigenvalue weighted by molar-refractivity contribution is 5.03. The van der Waals surface area contributed by atoms with Crippen LogP contribution in [-0.2, 0) is 12.7 Å². The summed E-state index contributed by atoms with van der Waals surface area (Å²) >= 11 is 0. The van der Waals surface area contributed by atoms with Crippen LogP contribution in [0.5, 0.6) is 0 Å². The molecule has 0 saturated heterocycles. The van der Waals surface area contributed by atoms with E-state index < -0.39 is 11.9 Å². The van der Waals surface area contributed by atoms with Gasteiger partial charge in [-0.05, 0) is 43.6 Å². The molecular formula is C13H18F3N3. The van der Waals surface area contributed by atoms with Crippen molar-refractivity contribution >= 4 is 0 Å². The molecule has 0 unspecified atom stereocenters. The number of rotatable bonds is 6. The fourth-order valence-electron chi connectivity index (χ4n) is 2.61. The molecule has 106 valence electrons. The minimum Gasteiger partial charge on any atom is -0.312 e. The van der Waals surface area contributed by atoms with Gasteiger partial charge < -0.3 is 5.32 Å². The van der Waals surface area contributed by atoms with Gasteiger partial charge in [-0.2, -0.15) is 18.3 Å². The highest BCUT2D eigenvalue weighted by atomic mass is 19.4. The van der Waals surface area contributed by atoms with Gasteiger partial charge in [0.2, 0.25) is 0 Å². The first-order chi connectivity index (χ1) is 9.04. The summed E-state index contributed by atoms with van der Waals surface area (Å²) in [6, 6.07) is 1.61. The molecule has 0 atom stereocenters. The molecule has 1 N–H and O–H groups in total. The summed E-state index contributed by atoms with van der Waals surface area (Å²) in [5.74, 6) is 1.60. The summed E-state index contributed by atoms with van der Waals surface area (Å²) in [6.07, 6.45) is 2.25. The molecule has 1 aromatic rings. The zero-order chi connectivity index (χ0) is 13.5. The summed E-state index contributed by atoms with van der Waals surface area (Å²) < 4.78 is 38.5. The predicted octanol–water partition coefficient (Wildman–Crippen LogP) is 2.68.